The molecule has 0 aliphatic heterocycles. The Morgan fingerprint density at radius 1 is 1.07 bits per heavy atom. The van der Waals surface area contributed by atoms with Crippen LogP contribution in [-0.4, -0.2) is 13.0 Å². The quantitative estimate of drug-likeness (QED) is 0.378. The number of halogens is 2. The Morgan fingerprint density at radius 3 is 2.57 bits per heavy atom. The fourth-order valence-corrected chi connectivity index (χ4v) is 3.51. The summed E-state index contributed by atoms with van der Waals surface area (Å²) < 4.78 is 12.0. The molecule has 0 unspecified atom stereocenters. The number of nitrogens with one attached hydrogen (secondary N) is 1. The molecular formula is C23H15BrClNO4. The molecule has 0 radical (unpaired) electrons. The van der Waals surface area contributed by atoms with Crippen LogP contribution in [0.1, 0.15) is 10.4 Å². The molecule has 0 saturated heterocycles. The Bertz CT molecular complexity index is 1320. The van der Waals surface area contributed by atoms with Crippen molar-refractivity contribution in [1.29, 1.82) is 0 Å². The van der Waals surface area contributed by atoms with Gasteiger partial charge in [-0.1, -0.05) is 45.7 Å². The summed E-state index contributed by atoms with van der Waals surface area (Å²) in [4.78, 5) is 26.2. The third-order valence-corrected chi connectivity index (χ3v) is 5.31. The lowest BCUT2D eigenvalue weighted by atomic mass is 10.0. The topological polar surface area (TPSA) is 68.5 Å². The minimum atomic E-state index is -0.427. The summed E-state index contributed by atoms with van der Waals surface area (Å²) in [7, 11) is 1.52. The maximum absolute atomic E-state index is 13.3. The van der Waals surface area contributed by atoms with E-state index in [1.54, 1.807) is 54.6 Å². The molecular weight excluding hydrogens is 470 g/mol. The van der Waals surface area contributed by atoms with E-state index in [1.807, 2.05) is 12.1 Å². The van der Waals surface area contributed by atoms with E-state index in [4.69, 9.17) is 20.8 Å². The van der Waals surface area contributed by atoms with Gasteiger partial charge < -0.3 is 9.15 Å². The fourth-order valence-electron chi connectivity index (χ4n) is 3.07. The Labute approximate surface area is 185 Å². The first-order valence-electron chi connectivity index (χ1n) is 8.94. The van der Waals surface area contributed by atoms with Gasteiger partial charge in [0.15, 0.2) is 0 Å². The van der Waals surface area contributed by atoms with Gasteiger partial charge in [-0.3, -0.25) is 14.9 Å². The van der Waals surface area contributed by atoms with Gasteiger partial charge in [0.05, 0.1) is 18.1 Å². The molecule has 0 fully saturated rings. The van der Waals surface area contributed by atoms with Crippen LogP contribution in [0, 0.1) is 0 Å². The largest absolute Gasteiger partial charge is 0.497 e. The molecule has 3 aromatic carbocycles. The van der Waals surface area contributed by atoms with E-state index in [9.17, 15) is 9.59 Å². The molecule has 4 rings (SSSR count). The zero-order valence-corrected chi connectivity index (χ0v) is 18.1. The number of anilines is 1. The Balaban J connectivity index is 1.88. The molecule has 0 aliphatic carbocycles. The van der Waals surface area contributed by atoms with Gasteiger partial charge in [0.25, 0.3) is 5.91 Å². The number of amides is 1. The van der Waals surface area contributed by atoms with Crippen LogP contribution in [0.3, 0.4) is 0 Å². The molecule has 5 nitrogen and oxygen atoms in total. The lowest BCUT2D eigenvalue weighted by Gasteiger charge is -2.12. The third kappa shape index (κ3) is 3.97. The molecule has 1 aromatic heterocycles. The van der Waals surface area contributed by atoms with Crippen molar-refractivity contribution >= 4 is 50.3 Å². The van der Waals surface area contributed by atoms with Gasteiger partial charge in [-0.25, -0.2) is 0 Å². The van der Waals surface area contributed by atoms with Gasteiger partial charge in [0, 0.05) is 15.1 Å². The first kappa shape index (κ1) is 20.2. The Kier molecular flexibility index (Phi) is 5.61. The monoisotopic (exact) mass is 483 g/mol. The number of fused-ring (bicyclic) bond motifs is 1. The smallest absolute Gasteiger partial charge is 0.258 e. The van der Waals surface area contributed by atoms with Crippen LogP contribution in [-0.2, 0) is 0 Å². The molecule has 7 heteroatoms. The number of carbonyl (C=O) groups is 1. The molecule has 1 heterocycles. The van der Waals surface area contributed by atoms with Gasteiger partial charge in [-0.05, 0) is 54.1 Å². The van der Waals surface area contributed by atoms with Crippen molar-refractivity contribution in [2.75, 3.05) is 12.4 Å². The van der Waals surface area contributed by atoms with Crippen LogP contribution in [0.25, 0.3) is 22.1 Å². The van der Waals surface area contributed by atoms with Crippen LogP contribution in [0.2, 0.25) is 5.02 Å². The highest BCUT2D eigenvalue weighted by Crippen LogP contribution is 2.31. The lowest BCUT2D eigenvalue weighted by molar-refractivity contribution is 0.102. The van der Waals surface area contributed by atoms with E-state index < -0.39 is 5.91 Å². The maximum Gasteiger partial charge on any atom is 0.258 e. The fraction of sp³-hybridized carbons (Fsp3) is 0.0435. The normalized spacial score (nSPS) is 10.8. The van der Waals surface area contributed by atoms with E-state index in [0.29, 0.717) is 32.9 Å². The van der Waals surface area contributed by atoms with Crippen molar-refractivity contribution in [3.05, 3.63) is 92.0 Å². The Hall–Kier alpha value is -3.09. The molecule has 4 aromatic rings. The highest BCUT2D eigenvalue weighted by atomic mass is 79.9. The maximum atomic E-state index is 13.3. The van der Waals surface area contributed by atoms with Crippen LogP contribution in [0.5, 0.6) is 5.75 Å². The van der Waals surface area contributed by atoms with Crippen molar-refractivity contribution in [2.24, 2.45) is 0 Å². The van der Waals surface area contributed by atoms with Gasteiger partial charge in [0.2, 0.25) is 11.3 Å². The number of carbonyl (C=O) groups excluding carboxylic acids is 1. The summed E-state index contributed by atoms with van der Waals surface area (Å²) in [5.41, 5.74) is 1.26. The first-order chi connectivity index (χ1) is 14.5. The predicted molar refractivity (Wildman–Crippen MR) is 122 cm³/mol. The van der Waals surface area contributed by atoms with Crippen molar-refractivity contribution in [1.82, 2.24) is 0 Å². The average Bonchev–Trinajstić information content (AvgIpc) is 2.75. The third-order valence-electron chi connectivity index (χ3n) is 4.54. The first-order valence-corrected chi connectivity index (χ1v) is 10.1. The molecule has 0 aliphatic rings. The number of rotatable bonds is 4. The van der Waals surface area contributed by atoms with E-state index in [1.165, 1.54) is 7.11 Å². The van der Waals surface area contributed by atoms with Gasteiger partial charge in [0.1, 0.15) is 11.3 Å². The van der Waals surface area contributed by atoms with Crippen molar-refractivity contribution in [3.63, 3.8) is 0 Å². The molecule has 0 bridgehead atoms. The van der Waals surface area contributed by atoms with Gasteiger partial charge >= 0.3 is 0 Å². The molecule has 1 amide bonds. The zero-order chi connectivity index (χ0) is 21.3. The summed E-state index contributed by atoms with van der Waals surface area (Å²) in [6, 6.07) is 18.6. The molecule has 30 heavy (non-hydrogen) atoms. The van der Waals surface area contributed by atoms with E-state index in [0.717, 1.165) is 4.47 Å². The van der Waals surface area contributed by atoms with Crippen molar-refractivity contribution < 1.29 is 13.9 Å². The summed E-state index contributed by atoms with van der Waals surface area (Å²) in [5, 5.41) is 3.49. The van der Waals surface area contributed by atoms with Crippen LogP contribution in [0.4, 0.5) is 5.88 Å². The van der Waals surface area contributed by atoms with E-state index >= 15 is 0 Å². The van der Waals surface area contributed by atoms with E-state index in [2.05, 4.69) is 21.2 Å². The Morgan fingerprint density at radius 2 is 1.83 bits per heavy atom. The van der Waals surface area contributed by atoms with Crippen LogP contribution < -0.4 is 15.5 Å². The second-order valence-electron chi connectivity index (χ2n) is 6.47. The van der Waals surface area contributed by atoms with E-state index in [-0.39, 0.29) is 16.9 Å². The van der Waals surface area contributed by atoms with Crippen molar-refractivity contribution in [2.45, 2.75) is 0 Å². The van der Waals surface area contributed by atoms with Crippen LogP contribution in [0.15, 0.2) is 80.4 Å². The summed E-state index contributed by atoms with van der Waals surface area (Å²) in [6.45, 7) is 0. The number of hydrogen-bond donors (Lipinski definition) is 1. The number of benzene rings is 3. The minimum absolute atomic E-state index is 0.0602. The predicted octanol–water partition coefficient (Wildman–Crippen LogP) is 6.14. The second-order valence-corrected chi connectivity index (χ2v) is 7.82. The summed E-state index contributed by atoms with van der Waals surface area (Å²) in [6.07, 6.45) is 0. The van der Waals surface area contributed by atoms with Crippen LogP contribution >= 0.6 is 27.5 Å². The molecule has 150 valence electrons. The minimum Gasteiger partial charge on any atom is -0.497 e. The molecule has 1 N–H and O–H groups in total. The molecule has 0 atom stereocenters. The summed E-state index contributed by atoms with van der Waals surface area (Å²) in [5.74, 6) is 0.180. The zero-order valence-electron chi connectivity index (χ0n) is 15.7. The lowest BCUT2D eigenvalue weighted by Crippen LogP contribution is -2.16. The second kappa shape index (κ2) is 8.34. The average molecular weight is 485 g/mol. The van der Waals surface area contributed by atoms with Gasteiger partial charge in [-0.15, -0.1) is 0 Å². The highest BCUT2D eigenvalue weighted by molar-refractivity contribution is 9.10. The standard InChI is InChI=1S/C23H15BrClNO4/c1-29-17-4-2-3-14(11-17)22(28)26-23-20(13-5-7-15(24)8-6-13)21(27)18-12-16(25)9-10-19(18)30-23/h2-12H,1H3,(H,26,28). The highest BCUT2D eigenvalue weighted by Gasteiger charge is 2.19. The van der Waals surface area contributed by atoms with Gasteiger partial charge in [-0.2, -0.15) is 0 Å². The SMILES string of the molecule is COc1cccc(C(=O)Nc2oc3ccc(Cl)cc3c(=O)c2-c2ccc(Br)cc2)c1. The number of hydrogen-bond acceptors (Lipinski definition) is 4. The molecule has 0 spiro atoms. The summed E-state index contributed by atoms with van der Waals surface area (Å²) >= 11 is 9.46. The molecule has 0 saturated carbocycles. The number of methoxy groups -OCH3 is 1. The van der Waals surface area contributed by atoms with Crippen molar-refractivity contribution in [3.8, 4) is 16.9 Å². The number of ether oxygens (including phenoxy) is 1.